The highest BCUT2D eigenvalue weighted by Gasteiger charge is 2.37. The number of hydrogen-bond acceptors (Lipinski definition) is 5. The van der Waals surface area contributed by atoms with Crippen molar-refractivity contribution in [3.8, 4) is 0 Å². The second-order valence-electron chi connectivity index (χ2n) is 11.7. The number of nitrogens with zero attached hydrogens (tertiary/aromatic N) is 1. The molecule has 2 unspecified atom stereocenters. The van der Waals surface area contributed by atoms with Crippen molar-refractivity contribution < 1.29 is 9.90 Å². The minimum atomic E-state index is -0.115. The first-order valence-electron chi connectivity index (χ1n) is 13.9. The second kappa shape index (κ2) is 9.94. The summed E-state index contributed by atoms with van der Waals surface area (Å²) in [5, 5.41) is 15.5. The van der Waals surface area contributed by atoms with E-state index in [-0.39, 0.29) is 22.5 Å². The van der Waals surface area contributed by atoms with Gasteiger partial charge in [-0.05, 0) is 111 Å². The quantitative estimate of drug-likeness (QED) is 0.367. The van der Waals surface area contributed by atoms with Gasteiger partial charge in [-0.3, -0.25) is 4.79 Å². The predicted molar refractivity (Wildman–Crippen MR) is 164 cm³/mol. The number of Topliss-reactive ketones (excluding diaryl/α,β-unsaturated/α-hetero) is 1. The van der Waals surface area contributed by atoms with Crippen LogP contribution in [0.5, 0.6) is 0 Å². The summed E-state index contributed by atoms with van der Waals surface area (Å²) in [6.07, 6.45) is 7.78. The molecule has 0 saturated heterocycles. The Labute approximate surface area is 240 Å². The number of rotatable bonds is 4. The summed E-state index contributed by atoms with van der Waals surface area (Å²) in [4.78, 5) is 17.0. The summed E-state index contributed by atoms with van der Waals surface area (Å²) in [5.74, 6) is 0.329. The lowest BCUT2D eigenvalue weighted by molar-refractivity contribution is -0.111. The number of thioether (sulfide) groups is 1. The maximum absolute atomic E-state index is 13.3. The summed E-state index contributed by atoms with van der Waals surface area (Å²) in [6.45, 7) is 9.73. The number of benzene rings is 2. The van der Waals surface area contributed by atoms with Gasteiger partial charge in [-0.25, -0.2) is 0 Å². The lowest BCUT2D eigenvalue weighted by Crippen LogP contribution is -2.36. The SMILES string of the molecule is CCN1c2ccccc2SC1C=C1CCCC(C=C2C(=O)C(c3ccc4c(c3)C(C)CC(C)(C)N4)=C2O)=C1Cl. The summed E-state index contributed by atoms with van der Waals surface area (Å²) >= 11 is 8.80. The van der Waals surface area contributed by atoms with E-state index in [4.69, 9.17) is 11.6 Å². The molecule has 2 aliphatic heterocycles. The molecule has 6 rings (SSSR count). The summed E-state index contributed by atoms with van der Waals surface area (Å²) < 4.78 is 0. The van der Waals surface area contributed by atoms with E-state index in [1.807, 2.05) is 30.0 Å². The van der Waals surface area contributed by atoms with Crippen LogP contribution >= 0.6 is 23.4 Å². The molecule has 4 aliphatic rings. The van der Waals surface area contributed by atoms with Gasteiger partial charge in [0.2, 0.25) is 5.78 Å². The van der Waals surface area contributed by atoms with Crippen molar-refractivity contribution in [3.05, 3.63) is 93.3 Å². The predicted octanol–water partition coefficient (Wildman–Crippen LogP) is 8.72. The number of hydrogen-bond donors (Lipinski definition) is 2. The molecule has 6 heteroatoms. The lowest BCUT2D eigenvalue weighted by Gasteiger charge is -2.38. The topological polar surface area (TPSA) is 52.6 Å². The standard InChI is InChI=1S/C33H35ClN2O2S/c1-5-36-26-11-6-7-12-27(26)39-28(36)17-22-10-8-9-21(30(22)34)16-24-31(37)29(32(24)38)20-13-14-25-23(15-20)19(2)18-33(3,4)35-25/h6-7,11-17,19,28,35,37H,5,8-10,18H2,1-4H3. The van der Waals surface area contributed by atoms with E-state index < -0.39 is 0 Å². The van der Waals surface area contributed by atoms with E-state index in [1.54, 1.807) is 0 Å². The fraction of sp³-hybridized carbons (Fsp3) is 0.364. The molecular formula is C33H35ClN2O2S. The smallest absolute Gasteiger partial charge is 0.201 e. The van der Waals surface area contributed by atoms with Gasteiger partial charge in [0.25, 0.3) is 0 Å². The Morgan fingerprint density at radius 2 is 2.00 bits per heavy atom. The molecule has 0 radical (unpaired) electrons. The molecule has 0 fully saturated rings. The molecule has 2 aromatic carbocycles. The van der Waals surface area contributed by atoms with Gasteiger partial charge in [0, 0.05) is 27.7 Å². The van der Waals surface area contributed by atoms with Crippen molar-refractivity contribution in [3.63, 3.8) is 0 Å². The normalized spacial score (nSPS) is 26.1. The van der Waals surface area contributed by atoms with Gasteiger partial charge in [0.05, 0.1) is 22.2 Å². The van der Waals surface area contributed by atoms with Crippen molar-refractivity contribution in [2.24, 2.45) is 0 Å². The fourth-order valence-corrected chi connectivity index (χ4v) is 8.14. The number of ketones is 1. The summed E-state index contributed by atoms with van der Waals surface area (Å²) in [7, 11) is 0. The van der Waals surface area contributed by atoms with Crippen molar-refractivity contribution >= 4 is 46.1 Å². The van der Waals surface area contributed by atoms with Gasteiger partial charge in [-0.15, -0.1) is 0 Å². The minimum Gasteiger partial charge on any atom is -0.506 e. The van der Waals surface area contributed by atoms with Crippen LogP contribution in [-0.4, -0.2) is 28.3 Å². The molecule has 39 heavy (non-hydrogen) atoms. The van der Waals surface area contributed by atoms with E-state index >= 15 is 0 Å². The molecule has 2 heterocycles. The maximum Gasteiger partial charge on any atom is 0.201 e. The highest BCUT2D eigenvalue weighted by molar-refractivity contribution is 8.00. The number of allylic oxidation sites excluding steroid dienone is 6. The fourth-order valence-electron chi connectivity index (χ4n) is 6.49. The number of aliphatic hydroxyl groups excluding tert-OH is 1. The molecule has 0 bridgehead atoms. The summed E-state index contributed by atoms with van der Waals surface area (Å²) in [5.41, 5.74) is 7.20. The molecule has 2 aliphatic carbocycles. The van der Waals surface area contributed by atoms with Gasteiger partial charge in [0.1, 0.15) is 5.76 Å². The van der Waals surface area contributed by atoms with Crippen LogP contribution in [0.2, 0.25) is 0 Å². The Kier molecular flexibility index (Phi) is 6.71. The van der Waals surface area contributed by atoms with Crippen molar-refractivity contribution in [1.82, 2.24) is 0 Å². The van der Waals surface area contributed by atoms with E-state index in [2.05, 4.69) is 74.3 Å². The number of nitrogens with one attached hydrogen (secondary N) is 1. The number of anilines is 2. The van der Waals surface area contributed by atoms with E-state index in [1.165, 1.54) is 16.1 Å². The highest BCUT2D eigenvalue weighted by atomic mass is 35.5. The molecule has 0 amide bonds. The van der Waals surface area contributed by atoms with Crippen molar-refractivity contribution in [2.75, 3.05) is 16.8 Å². The zero-order chi connectivity index (χ0) is 27.5. The third kappa shape index (κ3) is 4.64. The highest BCUT2D eigenvalue weighted by Crippen LogP contribution is 2.46. The monoisotopic (exact) mass is 558 g/mol. The Balaban J connectivity index is 1.28. The zero-order valence-electron chi connectivity index (χ0n) is 23.0. The van der Waals surface area contributed by atoms with Crippen LogP contribution in [-0.2, 0) is 4.79 Å². The van der Waals surface area contributed by atoms with Gasteiger partial charge in [-0.1, -0.05) is 48.5 Å². The van der Waals surface area contributed by atoms with Gasteiger partial charge in [0.15, 0.2) is 0 Å². The Hall–Kier alpha value is -2.89. The molecule has 2 N–H and O–H groups in total. The molecule has 0 spiro atoms. The molecule has 0 saturated carbocycles. The van der Waals surface area contributed by atoms with Crippen LogP contribution in [0.3, 0.4) is 0 Å². The molecule has 2 atom stereocenters. The zero-order valence-corrected chi connectivity index (χ0v) is 24.5. The minimum absolute atomic E-state index is 0.0348. The van der Waals surface area contributed by atoms with Crippen LogP contribution in [0.1, 0.15) is 70.4 Å². The first kappa shape index (κ1) is 26.3. The van der Waals surface area contributed by atoms with Crippen LogP contribution in [0, 0.1) is 0 Å². The number of likely N-dealkylation sites (N-methyl/N-ethyl adjacent to an activating group) is 1. The Morgan fingerprint density at radius 1 is 1.21 bits per heavy atom. The lowest BCUT2D eigenvalue weighted by atomic mass is 9.78. The average molecular weight is 559 g/mol. The van der Waals surface area contributed by atoms with E-state index in [0.29, 0.717) is 22.1 Å². The van der Waals surface area contributed by atoms with E-state index in [0.717, 1.165) is 54.6 Å². The van der Waals surface area contributed by atoms with Gasteiger partial charge >= 0.3 is 0 Å². The number of fused-ring (bicyclic) bond motifs is 2. The number of halogens is 1. The van der Waals surface area contributed by atoms with Gasteiger partial charge in [-0.2, -0.15) is 0 Å². The van der Waals surface area contributed by atoms with Crippen LogP contribution < -0.4 is 10.2 Å². The molecule has 2 aromatic rings. The number of carbonyl (C=O) groups is 1. The van der Waals surface area contributed by atoms with Crippen molar-refractivity contribution in [2.45, 2.75) is 75.1 Å². The Bertz CT molecular complexity index is 1500. The average Bonchev–Trinajstić information content (AvgIpc) is 3.26. The molecule has 4 nitrogen and oxygen atoms in total. The maximum atomic E-state index is 13.3. The number of carbonyl (C=O) groups excluding carboxylic acids is 1. The molecule has 0 aromatic heterocycles. The third-order valence-electron chi connectivity index (χ3n) is 8.31. The van der Waals surface area contributed by atoms with Crippen LogP contribution in [0.15, 0.2) is 87.0 Å². The van der Waals surface area contributed by atoms with Crippen LogP contribution in [0.25, 0.3) is 5.57 Å². The Morgan fingerprint density at radius 3 is 2.77 bits per heavy atom. The van der Waals surface area contributed by atoms with Crippen LogP contribution in [0.4, 0.5) is 11.4 Å². The third-order valence-corrected chi connectivity index (χ3v) is 10.0. The molecular weight excluding hydrogens is 524 g/mol. The first-order chi connectivity index (χ1) is 18.7. The van der Waals surface area contributed by atoms with Gasteiger partial charge < -0.3 is 15.3 Å². The largest absolute Gasteiger partial charge is 0.506 e. The summed E-state index contributed by atoms with van der Waals surface area (Å²) in [6, 6.07) is 14.5. The second-order valence-corrected chi connectivity index (χ2v) is 13.2. The number of aliphatic hydroxyl groups is 1. The van der Waals surface area contributed by atoms with E-state index in [9.17, 15) is 9.90 Å². The number of para-hydroxylation sites is 1. The first-order valence-corrected chi connectivity index (χ1v) is 15.2. The molecule has 202 valence electrons. The van der Waals surface area contributed by atoms with Crippen molar-refractivity contribution in [1.29, 1.82) is 0 Å².